The molecule has 1 aliphatic rings. The van der Waals surface area contributed by atoms with Gasteiger partial charge in [0, 0.05) is 13.0 Å². The molecule has 3 aromatic carbocycles. The maximum atomic E-state index is 13.6. The third-order valence-electron chi connectivity index (χ3n) is 6.62. The number of benzene rings is 3. The van der Waals surface area contributed by atoms with Crippen molar-refractivity contribution in [2.75, 3.05) is 6.61 Å². The Morgan fingerprint density at radius 1 is 0.944 bits per heavy atom. The van der Waals surface area contributed by atoms with Gasteiger partial charge in [0.05, 0.1) is 4.90 Å². The summed E-state index contributed by atoms with van der Waals surface area (Å²) in [5.41, 5.74) is 1.23. The number of hydrogen-bond acceptors (Lipinski definition) is 6. The lowest BCUT2D eigenvalue weighted by molar-refractivity contribution is -0.153. The van der Waals surface area contributed by atoms with Crippen molar-refractivity contribution < 1.29 is 27.4 Å². The summed E-state index contributed by atoms with van der Waals surface area (Å²) < 4.78 is 46.0. The molecule has 0 aromatic heterocycles. The maximum Gasteiger partial charge on any atom is 0.326 e. The third-order valence-corrected chi connectivity index (χ3v) is 8.66. The van der Waals surface area contributed by atoms with E-state index in [0.29, 0.717) is 12.8 Å². The van der Waals surface area contributed by atoms with Crippen LogP contribution in [0.3, 0.4) is 0 Å². The summed E-state index contributed by atoms with van der Waals surface area (Å²) in [4.78, 5) is 13.3. The predicted octanol–water partition coefficient (Wildman–Crippen LogP) is 4.62. The zero-order chi connectivity index (χ0) is 25.6. The Kier molecular flexibility index (Phi) is 8.18. The molecule has 8 heteroatoms. The highest BCUT2D eigenvalue weighted by Gasteiger charge is 2.46. The van der Waals surface area contributed by atoms with Gasteiger partial charge in [-0.15, -0.1) is 0 Å². The molecule has 1 unspecified atom stereocenters. The number of sulfone groups is 1. The molecule has 0 aliphatic heterocycles. The summed E-state index contributed by atoms with van der Waals surface area (Å²) >= 11 is 0. The zero-order valence-corrected chi connectivity index (χ0v) is 20.7. The van der Waals surface area contributed by atoms with Crippen LogP contribution in [0.4, 0.5) is 4.39 Å². The number of hydrogen-bond donors (Lipinski definition) is 2. The van der Waals surface area contributed by atoms with E-state index >= 15 is 0 Å². The molecule has 4 rings (SSSR count). The Balaban J connectivity index is 1.54. The van der Waals surface area contributed by atoms with E-state index in [0.717, 1.165) is 29.5 Å². The van der Waals surface area contributed by atoms with Crippen LogP contribution in [0.25, 0.3) is 11.1 Å². The van der Waals surface area contributed by atoms with Crippen LogP contribution in [0.2, 0.25) is 0 Å². The third kappa shape index (κ3) is 5.83. The van der Waals surface area contributed by atoms with E-state index < -0.39 is 26.7 Å². The summed E-state index contributed by atoms with van der Waals surface area (Å²) in [5.74, 6) is -0.826. The van der Waals surface area contributed by atoms with Crippen molar-refractivity contribution in [2.24, 2.45) is 0 Å². The number of nitrogens with one attached hydrogen (secondary N) is 1. The largest absolute Gasteiger partial charge is 0.459 e. The molecule has 1 fully saturated rings. The summed E-state index contributed by atoms with van der Waals surface area (Å²) in [6.07, 6.45) is 2.39. The Hall–Kier alpha value is -3.07. The second-order valence-corrected chi connectivity index (χ2v) is 11.2. The van der Waals surface area contributed by atoms with Gasteiger partial charge < -0.3 is 9.84 Å². The van der Waals surface area contributed by atoms with Crippen LogP contribution in [-0.2, 0) is 26.0 Å². The molecule has 1 saturated carbocycles. The highest BCUT2D eigenvalue weighted by atomic mass is 32.2. The van der Waals surface area contributed by atoms with E-state index in [1.54, 1.807) is 24.3 Å². The number of carbonyl (C=O) groups excluding carboxylic acids is 1. The van der Waals surface area contributed by atoms with Crippen molar-refractivity contribution in [1.82, 2.24) is 5.32 Å². The Labute approximate surface area is 211 Å². The molecule has 0 radical (unpaired) electrons. The molecule has 0 bridgehead atoms. The van der Waals surface area contributed by atoms with E-state index in [2.05, 4.69) is 5.32 Å². The van der Waals surface area contributed by atoms with Gasteiger partial charge in [0.2, 0.25) is 0 Å². The van der Waals surface area contributed by atoms with Gasteiger partial charge in [-0.25, -0.2) is 12.8 Å². The van der Waals surface area contributed by atoms with E-state index in [-0.39, 0.29) is 30.3 Å². The number of aliphatic hydroxyl groups excluding tert-OH is 1. The van der Waals surface area contributed by atoms with Crippen molar-refractivity contribution in [3.8, 4) is 11.1 Å². The quantitative estimate of drug-likeness (QED) is 0.386. The van der Waals surface area contributed by atoms with Gasteiger partial charge in [-0.05, 0) is 53.8 Å². The molecule has 3 aromatic rings. The van der Waals surface area contributed by atoms with Crippen LogP contribution in [0.5, 0.6) is 0 Å². The van der Waals surface area contributed by atoms with Crippen LogP contribution in [-0.4, -0.2) is 37.0 Å². The van der Waals surface area contributed by atoms with Gasteiger partial charge >= 0.3 is 5.97 Å². The molecule has 0 saturated heterocycles. The fraction of sp³-hybridized carbons (Fsp3) is 0.321. The van der Waals surface area contributed by atoms with E-state index in [1.165, 1.54) is 24.3 Å². The SMILES string of the molecule is O=C(OCc1ccccc1)C1(NC(CCO)S(=O)(=O)c2ccc(-c3ccc(F)cc3)cc2)CCCC1. The minimum Gasteiger partial charge on any atom is -0.459 e. The van der Waals surface area contributed by atoms with Gasteiger partial charge in [0.25, 0.3) is 0 Å². The minimum atomic E-state index is -3.93. The Morgan fingerprint density at radius 3 is 2.11 bits per heavy atom. The number of aliphatic hydroxyl groups is 1. The number of carbonyl (C=O) groups is 1. The Morgan fingerprint density at radius 2 is 1.53 bits per heavy atom. The van der Waals surface area contributed by atoms with Gasteiger partial charge in [-0.2, -0.15) is 0 Å². The molecule has 0 amide bonds. The smallest absolute Gasteiger partial charge is 0.326 e. The summed E-state index contributed by atoms with van der Waals surface area (Å²) in [6, 6.07) is 21.6. The number of ether oxygens (including phenoxy) is 1. The monoisotopic (exact) mass is 511 g/mol. The van der Waals surface area contributed by atoms with Crippen molar-refractivity contribution >= 4 is 15.8 Å². The first-order chi connectivity index (χ1) is 17.3. The van der Waals surface area contributed by atoms with Crippen LogP contribution in [0, 0.1) is 5.82 Å². The molecular weight excluding hydrogens is 481 g/mol. The highest BCUT2D eigenvalue weighted by molar-refractivity contribution is 7.92. The molecule has 1 aliphatic carbocycles. The average molecular weight is 512 g/mol. The van der Waals surface area contributed by atoms with Gasteiger partial charge in [0.15, 0.2) is 9.84 Å². The molecule has 2 N–H and O–H groups in total. The molecule has 190 valence electrons. The highest BCUT2D eigenvalue weighted by Crippen LogP contribution is 2.34. The lowest BCUT2D eigenvalue weighted by Gasteiger charge is -2.32. The standard InChI is InChI=1S/C28H30FNO5S/c29-24-12-8-22(9-13-24)23-10-14-25(15-11-23)36(33,34)26(16-19-31)30-28(17-4-5-18-28)27(32)35-20-21-6-2-1-3-7-21/h1-3,6-15,26,30-31H,4-5,16-20H2. The van der Waals surface area contributed by atoms with Crippen LogP contribution in [0.1, 0.15) is 37.7 Å². The fourth-order valence-corrected chi connectivity index (χ4v) is 6.26. The summed E-state index contributed by atoms with van der Waals surface area (Å²) in [6.45, 7) is -0.259. The molecule has 6 nitrogen and oxygen atoms in total. The fourth-order valence-electron chi connectivity index (χ4n) is 4.62. The average Bonchev–Trinajstić information content (AvgIpc) is 3.38. The lowest BCUT2D eigenvalue weighted by atomic mass is 9.97. The van der Waals surface area contributed by atoms with E-state index in [4.69, 9.17) is 4.74 Å². The maximum absolute atomic E-state index is 13.6. The van der Waals surface area contributed by atoms with Gasteiger partial charge in [-0.1, -0.05) is 67.4 Å². The number of rotatable bonds is 10. The first kappa shape index (κ1) is 26.0. The summed E-state index contributed by atoms with van der Waals surface area (Å²) in [5, 5.41) is 11.6. The minimum absolute atomic E-state index is 0.0736. The number of esters is 1. The molecule has 0 spiro atoms. The normalized spacial score (nSPS) is 15.9. The van der Waals surface area contributed by atoms with Crippen molar-refractivity contribution in [3.05, 3.63) is 90.2 Å². The lowest BCUT2D eigenvalue weighted by Crippen LogP contribution is -2.57. The summed E-state index contributed by atoms with van der Waals surface area (Å²) in [7, 11) is -3.93. The molecular formula is C28H30FNO5S. The molecule has 0 heterocycles. The first-order valence-electron chi connectivity index (χ1n) is 12.0. The Bertz CT molecular complexity index is 1260. The number of halogens is 1. The first-order valence-corrected chi connectivity index (χ1v) is 13.6. The second kappa shape index (κ2) is 11.3. The van der Waals surface area contributed by atoms with Crippen molar-refractivity contribution in [2.45, 2.75) is 54.5 Å². The predicted molar refractivity (Wildman–Crippen MR) is 135 cm³/mol. The van der Waals surface area contributed by atoms with E-state index in [9.17, 15) is 22.7 Å². The van der Waals surface area contributed by atoms with E-state index in [1.807, 2.05) is 30.3 Å². The van der Waals surface area contributed by atoms with Crippen molar-refractivity contribution in [3.63, 3.8) is 0 Å². The van der Waals surface area contributed by atoms with Crippen LogP contribution in [0.15, 0.2) is 83.8 Å². The van der Waals surface area contributed by atoms with Crippen molar-refractivity contribution in [1.29, 1.82) is 0 Å². The second-order valence-electron chi connectivity index (χ2n) is 9.07. The molecule has 36 heavy (non-hydrogen) atoms. The topological polar surface area (TPSA) is 92.7 Å². The molecule has 1 atom stereocenters. The van der Waals surface area contributed by atoms with Crippen LogP contribution < -0.4 is 5.32 Å². The van der Waals surface area contributed by atoms with Gasteiger partial charge in [-0.3, -0.25) is 10.1 Å². The van der Waals surface area contributed by atoms with Gasteiger partial charge in [0.1, 0.15) is 23.3 Å². The zero-order valence-electron chi connectivity index (χ0n) is 19.9. The van der Waals surface area contributed by atoms with Crippen LogP contribution >= 0.6 is 0 Å².